The first kappa shape index (κ1) is 27.6. The van der Waals surface area contributed by atoms with Crippen molar-refractivity contribution in [2.45, 2.75) is 51.0 Å². The van der Waals surface area contributed by atoms with Crippen LogP contribution in [0, 0.1) is 11.6 Å². The van der Waals surface area contributed by atoms with Crippen LogP contribution in [0.1, 0.15) is 40.4 Å². The summed E-state index contributed by atoms with van der Waals surface area (Å²) < 4.78 is 27.4. The van der Waals surface area contributed by atoms with Crippen molar-refractivity contribution < 1.29 is 28.6 Å². The number of benzene rings is 2. The largest absolute Gasteiger partial charge is 0.390 e. The highest BCUT2D eigenvalue weighted by Gasteiger charge is 2.27. The van der Waals surface area contributed by atoms with Crippen LogP contribution in [0.25, 0.3) is 0 Å². The Balaban J connectivity index is 1.66. The number of Topliss-reactive ketones (excluding diaryl/α,β-unsaturated/α-hetero) is 1. The highest BCUT2D eigenvalue weighted by atomic mass is 32.1. The minimum Gasteiger partial charge on any atom is -0.390 e. The second-order valence-electron chi connectivity index (χ2n) is 8.62. The number of rotatable bonds is 13. The molecule has 192 valence electrons. The minimum atomic E-state index is -1.64. The number of thiophene rings is 1. The first-order valence-corrected chi connectivity index (χ1v) is 12.6. The third kappa shape index (κ3) is 8.30. The van der Waals surface area contributed by atoms with E-state index in [0.29, 0.717) is 12.1 Å². The van der Waals surface area contributed by atoms with Crippen molar-refractivity contribution in [2.75, 3.05) is 6.54 Å². The molecule has 3 unspecified atom stereocenters. The lowest BCUT2D eigenvalue weighted by molar-refractivity contribution is -0.130. The number of nitrogens with one attached hydrogen (secondary N) is 2. The van der Waals surface area contributed by atoms with E-state index in [9.17, 15) is 28.6 Å². The smallest absolute Gasteiger partial charge is 0.249 e. The van der Waals surface area contributed by atoms with E-state index in [1.54, 1.807) is 16.8 Å². The molecule has 6 nitrogen and oxygen atoms in total. The Bertz CT molecular complexity index is 1140. The van der Waals surface area contributed by atoms with Gasteiger partial charge in [0.15, 0.2) is 5.78 Å². The number of carbonyl (C=O) groups is 2. The third-order valence-corrected chi connectivity index (χ3v) is 6.46. The molecule has 3 rings (SSSR count). The van der Waals surface area contributed by atoms with Crippen LogP contribution in [-0.4, -0.2) is 46.7 Å². The van der Waals surface area contributed by atoms with Gasteiger partial charge in [-0.1, -0.05) is 31.2 Å². The number of hydrogen-bond donors (Lipinski definition) is 4. The molecule has 0 aliphatic heterocycles. The summed E-state index contributed by atoms with van der Waals surface area (Å²) in [5, 5.41) is 30.2. The van der Waals surface area contributed by atoms with Gasteiger partial charge in [0.1, 0.15) is 17.7 Å². The van der Waals surface area contributed by atoms with Crippen LogP contribution < -0.4 is 10.6 Å². The van der Waals surface area contributed by atoms with Gasteiger partial charge < -0.3 is 20.8 Å². The summed E-state index contributed by atoms with van der Waals surface area (Å²) in [6.45, 7) is 2.60. The Labute approximate surface area is 213 Å². The Kier molecular flexibility index (Phi) is 10.2. The molecule has 0 fully saturated rings. The predicted octanol–water partition coefficient (Wildman–Crippen LogP) is 3.40. The molecule has 1 amide bonds. The number of ketones is 1. The SMILES string of the molecule is CCc1cccc(CNCC(O)C(Cc2cc(F)cc(F)c2)NC(=O)C(O)CC(=O)c2ccsc2)c1. The first-order valence-electron chi connectivity index (χ1n) is 11.7. The zero-order valence-electron chi connectivity index (χ0n) is 19.9. The molecule has 4 N–H and O–H groups in total. The fraction of sp³-hybridized carbons (Fsp3) is 0.333. The van der Waals surface area contributed by atoms with E-state index in [1.807, 2.05) is 18.2 Å². The summed E-state index contributed by atoms with van der Waals surface area (Å²) in [7, 11) is 0. The quantitative estimate of drug-likeness (QED) is 0.261. The number of aryl methyl sites for hydroxylation is 1. The molecule has 3 atom stereocenters. The summed E-state index contributed by atoms with van der Waals surface area (Å²) in [5.41, 5.74) is 2.84. The first-order chi connectivity index (χ1) is 17.2. The molecule has 3 aromatic rings. The second-order valence-corrected chi connectivity index (χ2v) is 9.40. The summed E-state index contributed by atoms with van der Waals surface area (Å²) in [6, 6.07) is 11.6. The van der Waals surface area contributed by atoms with Gasteiger partial charge in [-0.25, -0.2) is 8.78 Å². The number of amides is 1. The molecular formula is C27H30F2N2O4S. The molecule has 9 heteroatoms. The number of halogens is 2. The van der Waals surface area contributed by atoms with Gasteiger partial charge in [-0.3, -0.25) is 9.59 Å². The number of aliphatic hydroxyl groups excluding tert-OH is 2. The van der Waals surface area contributed by atoms with Gasteiger partial charge >= 0.3 is 0 Å². The van der Waals surface area contributed by atoms with E-state index in [0.717, 1.165) is 30.2 Å². The summed E-state index contributed by atoms with van der Waals surface area (Å²) in [5.74, 6) is -2.80. The fourth-order valence-electron chi connectivity index (χ4n) is 3.82. The van der Waals surface area contributed by atoms with Crippen molar-refractivity contribution in [3.05, 3.63) is 93.2 Å². The highest BCUT2D eigenvalue weighted by molar-refractivity contribution is 7.08. The van der Waals surface area contributed by atoms with Crippen LogP contribution in [0.15, 0.2) is 59.3 Å². The van der Waals surface area contributed by atoms with Crippen LogP contribution in [0.3, 0.4) is 0 Å². The van der Waals surface area contributed by atoms with Crippen molar-refractivity contribution in [3.63, 3.8) is 0 Å². The van der Waals surface area contributed by atoms with E-state index in [4.69, 9.17) is 0 Å². The van der Waals surface area contributed by atoms with E-state index < -0.39 is 42.2 Å². The van der Waals surface area contributed by atoms with Crippen LogP contribution in [0.2, 0.25) is 0 Å². The van der Waals surface area contributed by atoms with Gasteiger partial charge in [-0.15, -0.1) is 0 Å². The molecule has 36 heavy (non-hydrogen) atoms. The van der Waals surface area contributed by atoms with Gasteiger partial charge in [0, 0.05) is 36.5 Å². The molecule has 0 spiro atoms. The molecule has 0 radical (unpaired) electrons. The highest BCUT2D eigenvalue weighted by Crippen LogP contribution is 2.14. The minimum absolute atomic E-state index is 0.0724. The maximum Gasteiger partial charge on any atom is 0.249 e. The maximum atomic E-state index is 13.7. The average molecular weight is 517 g/mol. The predicted molar refractivity (Wildman–Crippen MR) is 135 cm³/mol. The number of hydrogen-bond acceptors (Lipinski definition) is 6. The molecule has 0 aliphatic rings. The monoisotopic (exact) mass is 516 g/mol. The van der Waals surface area contributed by atoms with E-state index in [1.165, 1.54) is 16.9 Å². The van der Waals surface area contributed by atoms with Gasteiger partial charge in [0.05, 0.1) is 12.1 Å². The van der Waals surface area contributed by atoms with Crippen LogP contribution in [0.5, 0.6) is 0 Å². The van der Waals surface area contributed by atoms with E-state index >= 15 is 0 Å². The summed E-state index contributed by atoms with van der Waals surface area (Å²) >= 11 is 1.33. The van der Waals surface area contributed by atoms with Crippen LogP contribution in [0.4, 0.5) is 8.78 Å². The van der Waals surface area contributed by atoms with Crippen LogP contribution in [-0.2, 0) is 24.2 Å². The van der Waals surface area contributed by atoms with Crippen molar-refractivity contribution in [3.8, 4) is 0 Å². The lowest BCUT2D eigenvalue weighted by Crippen LogP contribution is -2.51. The lowest BCUT2D eigenvalue weighted by atomic mass is 9.99. The molecule has 0 saturated carbocycles. The van der Waals surface area contributed by atoms with Gasteiger partial charge in [0.2, 0.25) is 5.91 Å². The van der Waals surface area contributed by atoms with Gasteiger partial charge in [-0.05, 0) is 53.1 Å². The lowest BCUT2D eigenvalue weighted by Gasteiger charge is -2.26. The molecular weight excluding hydrogens is 486 g/mol. The van der Waals surface area contributed by atoms with Crippen molar-refractivity contribution in [1.29, 1.82) is 0 Å². The second kappa shape index (κ2) is 13.4. The Hall–Kier alpha value is -2.98. The zero-order valence-corrected chi connectivity index (χ0v) is 20.7. The summed E-state index contributed by atoms with van der Waals surface area (Å²) in [6.07, 6.45) is -2.40. The Morgan fingerprint density at radius 1 is 1.00 bits per heavy atom. The summed E-state index contributed by atoms with van der Waals surface area (Å²) in [4.78, 5) is 24.9. The Morgan fingerprint density at radius 3 is 2.39 bits per heavy atom. The van der Waals surface area contributed by atoms with Crippen LogP contribution >= 0.6 is 11.3 Å². The van der Waals surface area contributed by atoms with E-state index in [2.05, 4.69) is 23.6 Å². The topological polar surface area (TPSA) is 98.7 Å². The zero-order chi connectivity index (χ0) is 26.1. The van der Waals surface area contributed by atoms with Crippen molar-refractivity contribution >= 4 is 23.0 Å². The fourth-order valence-corrected chi connectivity index (χ4v) is 4.48. The number of carbonyl (C=O) groups excluding carboxylic acids is 2. The molecule has 0 aliphatic carbocycles. The number of aliphatic hydroxyl groups is 2. The standard InChI is InChI=1S/C27H30F2N2O4S/c1-2-17-4-3-5-18(8-17)14-30-15-26(34)23(11-19-9-21(28)12-22(29)10-19)31-27(35)25(33)13-24(32)20-6-7-36-16-20/h3-10,12,16,23,25-26,30,33-34H,2,11,13-15H2,1H3,(H,31,35). The van der Waals surface area contributed by atoms with Crippen molar-refractivity contribution in [2.24, 2.45) is 0 Å². The molecule has 2 aromatic carbocycles. The van der Waals surface area contributed by atoms with Gasteiger partial charge in [0.25, 0.3) is 0 Å². The van der Waals surface area contributed by atoms with E-state index in [-0.39, 0.29) is 24.3 Å². The molecule has 0 saturated heterocycles. The van der Waals surface area contributed by atoms with Crippen molar-refractivity contribution in [1.82, 2.24) is 10.6 Å². The molecule has 0 bridgehead atoms. The third-order valence-electron chi connectivity index (χ3n) is 5.78. The Morgan fingerprint density at radius 2 is 1.72 bits per heavy atom. The molecule has 1 aromatic heterocycles. The molecule has 1 heterocycles. The van der Waals surface area contributed by atoms with Gasteiger partial charge in [-0.2, -0.15) is 11.3 Å². The maximum absolute atomic E-state index is 13.7. The normalized spacial score (nSPS) is 13.7. The average Bonchev–Trinajstić information content (AvgIpc) is 3.38.